The van der Waals surface area contributed by atoms with E-state index >= 15 is 0 Å². The molecule has 0 saturated carbocycles. The number of rotatable bonds is 7. The second kappa shape index (κ2) is 7.75. The van der Waals surface area contributed by atoms with Crippen LogP contribution in [0.15, 0.2) is 67.1 Å². The molecule has 23 heavy (non-hydrogen) atoms. The van der Waals surface area contributed by atoms with Crippen molar-refractivity contribution in [3.63, 3.8) is 0 Å². The summed E-state index contributed by atoms with van der Waals surface area (Å²) in [5, 5.41) is 0. The standard InChI is InChI=1S/C20H22N2O/c1-17-9-11-18(12-10-17)15-23-13-5-6-19-14-22(16-21-19)20-7-3-2-4-8-20/h2-4,7-12,14,16H,5-6,13,15H2,1H3. The van der Waals surface area contributed by atoms with Gasteiger partial charge in [0.2, 0.25) is 0 Å². The molecule has 0 aliphatic carbocycles. The summed E-state index contributed by atoms with van der Waals surface area (Å²) in [4.78, 5) is 4.47. The number of hydrogen-bond acceptors (Lipinski definition) is 2. The van der Waals surface area contributed by atoms with Crippen LogP contribution in [0.25, 0.3) is 5.69 Å². The Bertz CT molecular complexity index is 717. The molecule has 0 radical (unpaired) electrons. The molecule has 118 valence electrons. The van der Waals surface area contributed by atoms with Crippen LogP contribution in [0.5, 0.6) is 0 Å². The lowest BCUT2D eigenvalue weighted by Gasteiger charge is -2.04. The molecule has 0 aliphatic rings. The van der Waals surface area contributed by atoms with Crippen molar-refractivity contribution in [2.75, 3.05) is 6.61 Å². The molecule has 3 aromatic rings. The van der Waals surface area contributed by atoms with Crippen molar-refractivity contribution in [3.8, 4) is 5.69 Å². The number of hydrogen-bond donors (Lipinski definition) is 0. The first-order chi connectivity index (χ1) is 11.3. The Balaban J connectivity index is 1.41. The average Bonchev–Trinajstić information content (AvgIpc) is 3.06. The van der Waals surface area contributed by atoms with Gasteiger partial charge in [0.05, 0.1) is 18.6 Å². The molecule has 1 heterocycles. The molecule has 2 aromatic carbocycles. The predicted octanol–water partition coefficient (Wildman–Crippen LogP) is 4.33. The maximum Gasteiger partial charge on any atom is 0.0995 e. The molecule has 0 atom stereocenters. The largest absolute Gasteiger partial charge is 0.377 e. The van der Waals surface area contributed by atoms with Crippen molar-refractivity contribution >= 4 is 0 Å². The molecule has 0 N–H and O–H groups in total. The van der Waals surface area contributed by atoms with Gasteiger partial charge in [-0.15, -0.1) is 0 Å². The lowest BCUT2D eigenvalue weighted by Crippen LogP contribution is -1.98. The molecule has 0 unspecified atom stereocenters. The number of aryl methyl sites for hydroxylation is 2. The van der Waals surface area contributed by atoms with Gasteiger partial charge in [-0.05, 0) is 37.5 Å². The molecule has 3 rings (SSSR count). The van der Waals surface area contributed by atoms with E-state index in [0.717, 1.165) is 30.8 Å². The summed E-state index contributed by atoms with van der Waals surface area (Å²) >= 11 is 0. The highest BCUT2D eigenvalue weighted by Gasteiger charge is 2.01. The van der Waals surface area contributed by atoms with E-state index in [9.17, 15) is 0 Å². The first-order valence-electron chi connectivity index (χ1n) is 8.03. The third-order valence-electron chi connectivity index (χ3n) is 3.80. The minimum absolute atomic E-state index is 0.679. The minimum Gasteiger partial charge on any atom is -0.377 e. The van der Waals surface area contributed by atoms with Crippen LogP contribution >= 0.6 is 0 Å². The third-order valence-corrected chi connectivity index (χ3v) is 3.80. The summed E-state index contributed by atoms with van der Waals surface area (Å²) in [5.41, 5.74) is 4.75. The lowest BCUT2D eigenvalue weighted by molar-refractivity contribution is 0.118. The zero-order valence-corrected chi connectivity index (χ0v) is 13.5. The molecule has 0 saturated heterocycles. The average molecular weight is 306 g/mol. The van der Waals surface area contributed by atoms with Gasteiger partial charge in [-0.1, -0.05) is 48.0 Å². The van der Waals surface area contributed by atoms with Crippen LogP contribution in [0.2, 0.25) is 0 Å². The first-order valence-corrected chi connectivity index (χ1v) is 8.03. The van der Waals surface area contributed by atoms with E-state index in [0.29, 0.717) is 6.61 Å². The smallest absolute Gasteiger partial charge is 0.0995 e. The fourth-order valence-electron chi connectivity index (χ4n) is 2.46. The zero-order chi connectivity index (χ0) is 15.9. The maximum absolute atomic E-state index is 5.74. The summed E-state index contributed by atoms with van der Waals surface area (Å²) in [5.74, 6) is 0. The van der Waals surface area contributed by atoms with Crippen molar-refractivity contribution < 1.29 is 4.74 Å². The van der Waals surface area contributed by atoms with Crippen LogP contribution in [0.3, 0.4) is 0 Å². The SMILES string of the molecule is Cc1ccc(COCCCc2cn(-c3ccccc3)cn2)cc1. The second-order valence-corrected chi connectivity index (χ2v) is 5.75. The van der Waals surface area contributed by atoms with Crippen molar-refractivity contribution in [1.29, 1.82) is 0 Å². The number of benzene rings is 2. The van der Waals surface area contributed by atoms with Gasteiger partial charge in [0.1, 0.15) is 0 Å². The van der Waals surface area contributed by atoms with Crippen LogP contribution < -0.4 is 0 Å². The highest BCUT2D eigenvalue weighted by Crippen LogP contribution is 2.10. The zero-order valence-electron chi connectivity index (χ0n) is 13.5. The van der Waals surface area contributed by atoms with Crippen molar-refractivity contribution in [3.05, 3.63) is 83.9 Å². The van der Waals surface area contributed by atoms with E-state index < -0.39 is 0 Å². The molecule has 0 fully saturated rings. The molecule has 0 aliphatic heterocycles. The number of ether oxygens (including phenoxy) is 1. The molecule has 3 nitrogen and oxygen atoms in total. The fourth-order valence-corrected chi connectivity index (χ4v) is 2.46. The van der Waals surface area contributed by atoms with Crippen LogP contribution in [0, 0.1) is 6.92 Å². The number of aromatic nitrogens is 2. The van der Waals surface area contributed by atoms with E-state index in [2.05, 4.69) is 59.1 Å². The Morgan fingerprint density at radius 1 is 1.00 bits per heavy atom. The molecular weight excluding hydrogens is 284 g/mol. The van der Waals surface area contributed by atoms with Gasteiger partial charge in [-0.25, -0.2) is 4.98 Å². The Morgan fingerprint density at radius 3 is 2.57 bits per heavy atom. The highest BCUT2D eigenvalue weighted by atomic mass is 16.5. The topological polar surface area (TPSA) is 27.1 Å². The summed E-state index contributed by atoms with van der Waals surface area (Å²) in [6, 6.07) is 18.7. The Hall–Kier alpha value is -2.39. The van der Waals surface area contributed by atoms with E-state index in [1.165, 1.54) is 11.1 Å². The third kappa shape index (κ3) is 4.54. The Kier molecular flexibility index (Phi) is 5.22. The van der Waals surface area contributed by atoms with E-state index in [1.54, 1.807) is 0 Å². The summed E-state index contributed by atoms with van der Waals surface area (Å²) < 4.78 is 7.80. The predicted molar refractivity (Wildman–Crippen MR) is 92.7 cm³/mol. The van der Waals surface area contributed by atoms with Gasteiger partial charge in [0.25, 0.3) is 0 Å². The summed E-state index contributed by atoms with van der Waals surface area (Å²) in [6.07, 6.45) is 5.89. The Labute approximate surface area is 137 Å². The van der Waals surface area contributed by atoms with Gasteiger partial charge in [0.15, 0.2) is 0 Å². The maximum atomic E-state index is 5.74. The fraction of sp³-hybridized carbons (Fsp3) is 0.250. The Morgan fingerprint density at radius 2 is 1.78 bits per heavy atom. The summed E-state index contributed by atoms with van der Waals surface area (Å²) in [7, 11) is 0. The van der Waals surface area contributed by atoms with Crippen LogP contribution in [0.1, 0.15) is 23.2 Å². The van der Waals surface area contributed by atoms with Gasteiger partial charge in [-0.3, -0.25) is 0 Å². The minimum atomic E-state index is 0.679. The second-order valence-electron chi connectivity index (χ2n) is 5.75. The van der Waals surface area contributed by atoms with E-state index in [1.807, 2.05) is 24.5 Å². The van der Waals surface area contributed by atoms with Crippen LogP contribution in [-0.2, 0) is 17.8 Å². The summed E-state index contributed by atoms with van der Waals surface area (Å²) in [6.45, 7) is 3.53. The lowest BCUT2D eigenvalue weighted by atomic mass is 10.2. The molecule has 0 amide bonds. The quantitative estimate of drug-likeness (QED) is 0.607. The first kappa shape index (κ1) is 15.5. The van der Waals surface area contributed by atoms with Crippen molar-refractivity contribution in [2.24, 2.45) is 0 Å². The van der Waals surface area contributed by atoms with E-state index in [4.69, 9.17) is 4.74 Å². The van der Waals surface area contributed by atoms with Gasteiger partial charge >= 0.3 is 0 Å². The number of nitrogens with zero attached hydrogens (tertiary/aromatic N) is 2. The van der Waals surface area contributed by atoms with E-state index in [-0.39, 0.29) is 0 Å². The molecule has 1 aromatic heterocycles. The van der Waals surface area contributed by atoms with Crippen LogP contribution in [0.4, 0.5) is 0 Å². The highest BCUT2D eigenvalue weighted by molar-refractivity contribution is 5.31. The molecule has 3 heteroatoms. The van der Waals surface area contributed by atoms with Crippen molar-refractivity contribution in [1.82, 2.24) is 9.55 Å². The van der Waals surface area contributed by atoms with Gasteiger partial charge < -0.3 is 9.30 Å². The normalized spacial score (nSPS) is 10.8. The number of para-hydroxylation sites is 1. The van der Waals surface area contributed by atoms with Crippen LogP contribution in [-0.4, -0.2) is 16.2 Å². The van der Waals surface area contributed by atoms with Gasteiger partial charge in [0, 0.05) is 18.5 Å². The van der Waals surface area contributed by atoms with Crippen molar-refractivity contribution in [2.45, 2.75) is 26.4 Å². The van der Waals surface area contributed by atoms with Gasteiger partial charge in [-0.2, -0.15) is 0 Å². The molecule has 0 bridgehead atoms. The molecule has 0 spiro atoms. The number of imidazole rings is 1. The molecular formula is C20H22N2O. The monoisotopic (exact) mass is 306 g/mol.